The lowest BCUT2D eigenvalue weighted by molar-refractivity contribution is -0.177. The number of esters is 1. The van der Waals surface area contributed by atoms with Crippen LogP contribution in [0.3, 0.4) is 0 Å². The quantitative estimate of drug-likeness (QED) is 0.0956. The molecule has 3 fully saturated rings. The molecule has 4 aliphatic heterocycles. The van der Waals surface area contributed by atoms with E-state index in [-0.39, 0.29) is 13.2 Å². The van der Waals surface area contributed by atoms with Crippen molar-refractivity contribution < 1.29 is 38.4 Å². The van der Waals surface area contributed by atoms with Crippen LogP contribution in [0.15, 0.2) is 152 Å². The van der Waals surface area contributed by atoms with Crippen LogP contribution in [0.2, 0.25) is 0 Å². The minimum Gasteiger partial charge on any atom is -0.497 e. The predicted octanol–water partition coefficient (Wildman–Crippen LogP) is 7.21. The number of ether oxygens (including phenoxy) is 4. The molecule has 4 aliphatic rings. The van der Waals surface area contributed by atoms with E-state index in [1.165, 1.54) is 0 Å². The molecule has 4 heterocycles. The lowest BCUT2D eigenvalue weighted by Gasteiger charge is -2.46. The number of para-hydroxylation sites is 1. The number of cyclic esters (lactones) is 1. The summed E-state index contributed by atoms with van der Waals surface area (Å²) >= 11 is 0. The molecule has 0 aliphatic carbocycles. The SMILES string of the molecule is COc1ccc(C#Cc2ccc3c(c2)[C@]2(C(=O)N3)[C@H](c3ccccc3OCCO)N3[C@H](c4ccccc4)[C@H](c4ccccc4)OC(=O)[C@H]3[C@@H]2C(=O)Nc2ccc(N3CCOCC3)cc2)cc1. The highest BCUT2D eigenvalue weighted by atomic mass is 16.6. The Balaban J connectivity index is 1.20. The summed E-state index contributed by atoms with van der Waals surface area (Å²) in [5.41, 5.74) is 4.16. The minimum atomic E-state index is -1.79. The summed E-state index contributed by atoms with van der Waals surface area (Å²) in [5, 5.41) is 16.4. The maximum atomic E-state index is 15.7. The van der Waals surface area contributed by atoms with Gasteiger partial charge in [0.1, 0.15) is 35.7 Å². The molecule has 0 aromatic heterocycles. The number of hydrogen-bond acceptors (Lipinski definition) is 10. The highest BCUT2D eigenvalue weighted by molar-refractivity contribution is 6.13. The number of hydrogen-bond donors (Lipinski definition) is 3. The van der Waals surface area contributed by atoms with Crippen LogP contribution in [0, 0.1) is 17.8 Å². The van der Waals surface area contributed by atoms with Crippen LogP contribution < -0.4 is 25.0 Å². The van der Waals surface area contributed by atoms with Crippen molar-refractivity contribution in [1.82, 2.24) is 4.90 Å². The lowest BCUT2D eigenvalue weighted by atomic mass is 9.65. The first-order valence-electron chi connectivity index (χ1n) is 22.1. The second-order valence-corrected chi connectivity index (χ2v) is 16.7. The Morgan fingerprint density at radius 2 is 1.47 bits per heavy atom. The first-order chi connectivity index (χ1) is 32.4. The number of methoxy groups -OCH3 is 1. The van der Waals surface area contributed by atoms with Gasteiger partial charge in [0.2, 0.25) is 11.8 Å². The second kappa shape index (κ2) is 18.2. The summed E-state index contributed by atoms with van der Waals surface area (Å²) < 4.78 is 23.8. The molecule has 0 saturated carbocycles. The Labute approximate surface area is 383 Å². The number of carbonyl (C=O) groups excluding carboxylic acids is 3. The van der Waals surface area contributed by atoms with Crippen molar-refractivity contribution >= 4 is 34.8 Å². The van der Waals surface area contributed by atoms with E-state index in [0.717, 1.165) is 35.5 Å². The van der Waals surface area contributed by atoms with E-state index in [2.05, 4.69) is 27.4 Å². The topological polar surface area (TPSA) is 139 Å². The van der Waals surface area contributed by atoms with Crippen LogP contribution in [0.1, 0.15) is 51.6 Å². The van der Waals surface area contributed by atoms with Gasteiger partial charge in [-0.2, -0.15) is 0 Å². The van der Waals surface area contributed by atoms with E-state index < -0.39 is 53.3 Å². The normalized spacial score (nSPS) is 23.2. The predicted molar refractivity (Wildman–Crippen MR) is 249 cm³/mol. The zero-order valence-electron chi connectivity index (χ0n) is 36.3. The number of fused-ring (bicyclic) bond motifs is 3. The number of benzene rings is 6. The number of aliphatic hydroxyl groups excluding tert-OH is 1. The monoisotopic (exact) mass is 880 g/mol. The molecule has 10 rings (SSSR count). The number of nitrogens with one attached hydrogen (secondary N) is 2. The molecular weight excluding hydrogens is 833 g/mol. The molecule has 1 spiro atoms. The summed E-state index contributed by atoms with van der Waals surface area (Å²) in [7, 11) is 1.61. The van der Waals surface area contributed by atoms with Crippen molar-refractivity contribution in [2.24, 2.45) is 5.92 Å². The summed E-state index contributed by atoms with van der Waals surface area (Å²) in [4.78, 5) is 51.0. The van der Waals surface area contributed by atoms with Crippen LogP contribution in [-0.2, 0) is 29.3 Å². The van der Waals surface area contributed by atoms with Crippen LogP contribution in [0.25, 0.3) is 0 Å². The Bertz CT molecular complexity index is 2810. The van der Waals surface area contributed by atoms with E-state index in [1.54, 1.807) is 13.2 Å². The van der Waals surface area contributed by atoms with E-state index in [1.807, 2.05) is 150 Å². The number of aliphatic hydroxyl groups is 1. The molecule has 332 valence electrons. The fraction of sp³-hybridized carbons (Fsp3) is 0.241. The minimum absolute atomic E-state index is 0.0325. The zero-order chi connectivity index (χ0) is 45.2. The van der Waals surface area contributed by atoms with Crippen molar-refractivity contribution in [2.45, 2.75) is 29.6 Å². The van der Waals surface area contributed by atoms with Gasteiger partial charge in [0.15, 0.2) is 0 Å². The lowest BCUT2D eigenvalue weighted by Crippen LogP contribution is -2.53. The van der Waals surface area contributed by atoms with Crippen LogP contribution >= 0.6 is 0 Å². The number of carbonyl (C=O) groups is 3. The Morgan fingerprint density at radius 3 is 2.18 bits per heavy atom. The summed E-state index contributed by atoms with van der Waals surface area (Å²) in [6.07, 6.45) is -0.845. The number of nitrogens with zero attached hydrogens (tertiary/aromatic N) is 2. The molecular formula is C54H48N4O8. The van der Waals surface area contributed by atoms with Crippen molar-refractivity contribution in [1.29, 1.82) is 0 Å². The third-order valence-corrected chi connectivity index (χ3v) is 13.1. The molecule has 12 nitrogen and oxygen atoms in total. The smallest absolute Gasteiger partial charge is 0.324 e. The van der Waals surface area contributed by atoms with Crippen molar-refractivity contribution in [3.8, 4) is 23.3 Å². The third-order valence-electron chi connectivity index (χ3n) is 13.1. The van der Waals surface area contributed by atoms with Gasteiger partial charge in [0.05, 0.1) is 44.9 Å². The zero-order valence-corrected chi connectivity index (χ0v) is 36.3. The van der Waals surface area contributed by atoms with Crippen LogP contribution in [0.5, 0.6) is 11.5 Å². The maximum Gasteiger partial charge on any atom is 0.324 e. The molecule has 6 aromatic carbocycles. The summed E-state index contributed by atoms with van der Waals surface area (Å²) in [5.74, 6) is 4.62. The number of morpholine rings is 2. The highest BCUT2D eigenvalue weighted by Crippen LogP contribution is 2.65. The highest BCUT2D eigenvalue weighted by Gasteiger charge is 2.74. The van der Waals surface area contributed by atoms with Gasteiger partial charge in [-0.1, -0.05) is 90.7 Å². The van der Waals surface area contributed by atoms with Crippen molar-refractivity contribution in [2.75, 3.05) is 62.2 Å². The largest absolute Gasteiger partial charge is 0.497 e. The van der Waals surface area contributed by atoms with E-state index in [9.17, 15) is 5.11 Å². The number of rotatable bonds is 10. The Hall–Kier alpha value is -7.43. The second-order valence-electron chi connectivity index (χ2n) is 16.7. The van der Waals surface area contributed by atoms with E-state index in [4.69, 9.17) is 18.9 Å². The molecule has 2 amide bonds. The van der Waals surface area contributed by atoms with Gasteiger partial charge >= 0.3 is 5.97 Å². The first kappa shape index (κ1) is 42.5. The van der Waals surface area contributed by atoms with Gasteiger partial charge in [0.25, 0.3) is 0 Å². The number of amides is 2. The molecule has 3 saturated heterocycles. The van der Waals surface area contributed by atoms with Crippen LogP contribution in [-0.4, -0.2) is 80.5 Å². The molecule has 0 radical (unpaired) electrons. The number of anilines is 3. The Morgan fingerprint density at radius 1 is 0.803 bits per heavy atom. The van der Waals surface area contributed by atoms with E-state index >= 15 is 14.4 Å². The van der Waals surface area contributed by atoms with E-state index in [0.29, 0.717) is 52.8 Å². The Kier molecular flexibility index (Phi) is 11.7. The summed E-state index contributed by atoms with van der Waals surface area (Å²) in [6.45, 7) is 2.44. The molecule has 6 aromatic rings. The van der Waals surface area contributed by atoms with Gasteiger partial charge in [-0.25, -0.2) is 0 Å². The fourth-order valence-electron chi connectivity index (χ4n) is 10.3. The average Bonchev–Trinajstić information content (AvgIpc) is 3.84. The van der Waals surface area contributed by atoms with Gasteiger partial charge < -0.3 is 39.6 Å². The van der Waals surface area contributed by atoms with Gasteiger partial charge in [0, 0.05) is 46.8 Å². The molecule has 0 bridgehead atoms. The summed E-state index contributed by atoms with van der Waals surface area (Å²) in [6, 6.07) is 44.1. The maximum absolute atomic E-state index is 15.7. The van der Waals surface area contributed by atoms with Crippen LogP contribution in [0.4, 0.5) is 17.1 Å². The first-order valence-corrected chi connectivity index (χ1v) is 22.1. The van der Waals surface area contributed by atoms with Crippen molar-refractivity contribution in [3.63, 3.8) is 0 Å². The molecule has 66 heavy (non-hydrogen) atoms. The van der Waals surface area contributed by atoms with Gasteiger partial charge in [-0.05, 0) is 89.5 Å². The molecule has 3 N–H and O–H groups in total. The average molecular weight is 881 g/mol. The fourth-order valence-corrected chi connectivity index (χ4v) is 10.3. The molecule has 12 heteroatoms. The van der Waals surface area contributed by atoms with Gasteiger partial charge in [-0.15, -0.1) is 0 Å². The molecule has 6 atom stereocenters. The molecule has 0 unspecified atom stereocenters. The van der Waals surface area contributed by atoms with Gasteiger partial charge in [-0.3, -0.25) is 19.3 Å². The van der Waals surface area contributed by atoms with Crippen molar-refractivity contribution in [3.05, 3.63) is 185 Å². The third kappa shape index (κ3) is 7.60. The standard InChI is InChI=1S/C54H48N4O8/c1-63-41-25-18-35(19-26-41)16-17-36-20-27-44-43(34-36)54(53(62)56-44)46(51(60)55-39-21-23-40(24-22-39)57-28-31-64-32-29-57)48-52(61)66-49(38-12-6-3-7-13-38)47(37-10-4-2-5-11-37)58(48)50(54)42-14-8-9-15-45(42)65-33-30-59/h2-15,18-27,34,46-50,59H,28-33H2,1H3,(H,55,60)(H,56,62)/t46-,47-,48-,49+,50+,54-/m1/s1.